The molecular weight excluding hydrogens is 414 g/mol. The van der Waals surface area contributed by atoms with Crippen molar-refractivity contribution in [2.75, 3.05) is 5.75 Å². The van der Waals surface area contributed by atoms with Crippen molar-refractivity contribution in [1.29, 1.82) is 0 Å². The number of thioether (sulfide) groups is 1. The van der Waals surface area contributed by atoms with E-state index in [1.165, 1.54) is 28.7 Å². The lowest BCUT2D eigenvalue weighted by atomic mass is 10.00. The summed E-state index contributed by atoms with van der Waals surface area (Å²) in [4.78, 5) is 30.5. The largest absolute Gasteiger partial charge is 0.349 e. The second-order valence-electron chi connectivity index (χ2n) is 7.66. The van der Waals surface area contributed by atoms with Crippen molar-refractivity contribution in [1.82, 2.24) is 14.9 Å². The van der Waals surface area contributed by atoms with Gasteiger partial charge in [-0.15, -0.1) is 17.9 Å². The summed E-state index contributed by atoms with van der Waals surface area (Å²) in [5.41, 5.74) is 2.28. The fourth-order valence-electron chi connectivity index (χ4n) is 3.24. The fourth-order valence-corrected chi connectivity index (χ4v) is 4.87. The third-order valence-electron chi connectivity index (χ3n) is 4.69. The highest BCUT2D eigenvalue weighted by Crippen LogP contribution is 2.22. The molecule has 2 heterocycles. The Hall–Kier alpha value is -2.38. The lowest BCUT2D eigenvalue weighted by Crippen LogP contribution is -2.29. The second-order valence-corrected chi connectivity index (χ2v) is 9.49. The van der Waals surface area contributed by atoms with Crippen molar-refractivity contribution >= 4 is 39.2 Å². The van der Waals surface area contributed by atoms with Crippen molar-refractivity contribution in [2.24, 2.45) is 5.92 Å². The maximum Gasteiger partial charge on any atom is 0.263 e. The molecule has 0 aliphatic rings. The zero-order chi connectivity index (χ0) is 21.7. The number of amides is 1. The first-order valence-electron chi connectivity index (χ1n) is 9.99. The van der Waals surface area contributed by atoms with Crippen LogP contribution in [0.1, 0.15) is 37.9 Å². The van der Waals surface area contributed by atoms with E-state index in [4.69, 9.17) is 0 Å². The van der Waals surface area contributed by atoms with E-state index in [0.717, 1.165) is 12.0 Å². The van der Waals surface area contributed by atoms with Crippen LogP contribution < -0.4 is 10.9 Å². The topological polar surface area (TPSA) is 64.0 Å². The van der Waals surface area contributed by atoms with Gasteiger partial charge in [-0.05, 0) is 41.8 Å². The van der Waals surface area contributed by atoms with Gasteiger partial charge in [0, 0.05) is 6.54 Å². The Morgan fingerprint density at radius 3 is 2.67 bits per heavy atom. The molecule has 7 heteroatoms. The molecule has 0 spiro atoms. The summed E-state index contributed by atoms with van der Waals surface area (Å²) in [6, 6.07) is 10.1. The first kappa shape index (κ1) is 22.3. The molecule has 1 aromatic carbocycles. The molecule has 3 rings (SSSR count). The standard InChI is InChI=1S/C23H27N3O2S2/c1-5-11-26-22(28)19-10-12-29-21(19)25-23(26)30-14-20(27)24-16(4)18-8-6-17(7-9-18)13-15(2)3/h5-10,12,15-16H,1,11,13-14H2,2-4H3,(H,24,27). The fraction of sp³-hybridized carbons (Fsp3) is 0.348. The highest BCUT2D eigenvalue weighted by atomic mass is 32.2. The summed E-state index contributed by atoms with van der Waals surface area (Å²) in [7, 11) is 0. The molecule has 0 saturated heterocycles. The number of benzene rings is 1. The highest BCUT2D eigenvalue weighted by Gasteiger charge is 2.15. The summed E-state index contributed by atoms with van der Waals surface area (Å²) in [6.45, 7) is 10.5. The Kier molecular flexibility index (Phi) is 7.50. The van der Waals surface area contributed by atoms with E-state index in [9.17, 15) is 9.59 Å². The quantitative estimate of drug-likeness (QED) is 0.294. The summed E-state index contributed by atoms with van der Waals surface area (Å²) < 4.78 is 1.57. The monoisotopic (exact) mass is 441 g/mol. The Balaban J connectivity index is 1.65. The molecule has 3 aromatic rings. The summed E-state index contributed by atoms with van der Waals surface area (Å²) in [5, 5.41) is 6.03. The minimum Gasteiger partial charge on any atom is -0.349 e. The molecule has 0 saturated carbocycles. The van der Waals surface area contributed by atoms with E-state index in [1.807, 2.05) is 12.3 Å². The lowest BCUT2D eigenvalue weighted by Gasteiger charge is -2.16. The van der Waals surface area contributed by atoms with Crippen molar-refractivity contribution in [3.8, 4) is 0 Å². The Labute approximate surface area is 185 Å². The van der Waals surface area contributed by atoms with Crippen molar-refractivity contribution < 1.29 is 4.79 Å². The summed E-state index contributed by atoms with van der Waals surface area (Å²) >= 11 is 2.70. The predicted octanol–water partition coefficient (Wildman–Crippen LogP) is 4.81. The van der Waals surface area contributed by atoms with Crippen molar-refractivity contribution in [2.45, 2.75) is 44.9 Å². The van der Waals surface area contributed by atoms with Gasteiger partial charge < -0.3 is 5.32 Å². The number of carbonyl (C=O) groups is 1. The Morgan fingerprint density at radius 2 is 2.00 bits per heavy atom. The van der Waals surface area contributed by atoms with Gasteiger partial charge in [-0.3, -0.25) is 14.2 Å². The van der Waals surface area contributed by atoms with Crippen LogP contribution in [0.4, 0.5) is 0 Å². The molecule has 0 aliphatic heterocycles. The number of allylic oxidation sites excluding steroid dienone is 1. The van der Waals surface area contributed by atoms with Crippen molar-refractivity contribution in [3.63, 3.8) is 0 Å². The minimum absolute atomic E-state index is 0.0886. The van der Waals surface area contributed by atoms with E-state index in [-0.39, 0.29) is 23.3 Å². The molecule has 158 valence electrons. The summed E-state index contributed by atoms with van der Waals surface area (Å²) in [5.74, 6) is 0.714. The van der Waals surface area contributed by atoms with E-state index < -0.39 is 0 Å². The van der Waals surface area contributed by atoms with Crippen LogP contribution >= 0.6 is 23.1 Å². The molecule has 1 atom stereocenters. The number of hydrogen-bond acceptors (Lipinski definition) is 5. The number of rotatable bonds is 9. The average Bonchev–Trinajstić information content (AvgIpc) is 3.18. The molecule has 1 N–H and O–H groups in total. The SMILES string of the molecule is C=CCn1c(SCC(=O)NC(C)c2ccc(CC(C)C)cc2)nc2sccc2c1=O. The maximum absolute atomic E-state index is 12.7. The van der Waals surface area contributed by atoms with Crippen LogP contribution in [0.2, 0.25) is 0 Å². The van der Waals surface area contributed by atoms with Crippen LogP contribution in [0, 0.1) is 5.92 Å². The van der Waals surface area contributed by atoms with Crippen LogP contribution in [0.5, 0.6) is 0 Å². The van der Waals surface area contributed by atoms with Crippen LogP contribution in [-0.2, 0) is 17.8 Å². The molecule has 1 amide bonds. The number of thiophene rings is 1. The second kappa shape index (κ2) is 10.1. The zero-order valence-electron chi connectivity index (χ0n) is 17.6. The molecule has 0 fully saturated rings. The van der Waals surface area contributed by atoms with Crippen LogP contribution in [0.3, 0.4) is 0 Å². The molecule has 2 aromatic heterocycles. The first-order chi connectivity index (χ1) is 14.4. The molecule has 5 nitrogen and oxygen atoms in total. The van der Waals surface area contributed by atoms with E-state index in [0.29, 0.717) is 27.8 Å². The molecule has 1 unspecified atom stereocenters. The van der Waals surface area contributed by atoms with Gasteiger partial charge in [0.2, 0.25) is 5.91 Å². The number of nitrogens with one attached hydrogen (secondary N) is 1. The number of hydrogen-bond donors (Lipinski definition) is 1. The molecule has 0 bridgehead atoms. The maximum atomic E-state index is 12.7. The number of fused-ring (bicyclic) bond motifs is 1. The molecular formula is C23H27N3O2S2. The normalized spacial score (nSPS) is 12.3. The van der Waals surface area contributed by atoms with Gasteiger partial charge in [0.05, 0.1) is 17.2 Å². The number of nitrogens with zero attached hydrogens (tertiary/aromatic N) is 2. The van der Waals surface area contributed by atoms with E-state index in [1.54, 1.807) is 16.7 Å². The first-order valence-corrected chi connectivity index (χ1v) is 11.9. The molecule has 30 heavy (non-hydrogen) atoms. The summed E-state index contributed by atoms with van der Waals surface area (Å²) in [6.07, 6.45) is 2.71. The predicted molar refractivity (Wildman–Crippen MR) is 126 cm³/mol. The van der Waals surface area contributed by atoms with Gasteiger partial charge in [-0.2, -0.15) is 0 Å². The third kappa shape index (κ3) is 5.40. The Morgan fingerprint density at radius 1 is 1.27 bits per heavy atom. The highest BCUT2D eigenvalue weighted by molar-refractivity contribution is 7.99. The van der Waals surface area contributed by atoms with Gasteiger partial charge in [-0.25, -0.2) is 4.98 Å². The van der Waals surface area contributed by atoms with Crippen LogP contribution in [0.15, 0.2) is 58.3 Å². The lowest BCUT2D eigenvalue weighted by molar-refractivity contribution is -0.119. The van der Waals surface area contributed by atoms with E-state index in [2.05, 4.69) is 55.0 Å². The third-order valence-corrected chi connectivity index (χ3v) is 6.48. The van der Waals surface area contributed by atoms with Gasteiger partial charge in [0.25, 0.3) is 5.56 Å². The number of carbonyl (C=O) groups excluding carboxylic acids is 1. The van der Waals surface area contributed by atoms with Gasteiger partial charge in [0.15, 0.2) is 5.16 Å². The average molecular weight is 442 g/mol. The minimum atomic E-state index is -0.0982. The van der Waals surface area contributed by atoms with Gasteiger partial charge in [-0.1, -0.05) is 56.0 Å². The smallest absolute Gasteiger partial charge is 0.263 e. The van der Waals surface area contributed by atoms with Gasteiger partial charge in [0.1, 0.15) is 4.83 Å². The number of aromatic nitrogens is 2. The Bertz CT molecular complexity index is 1080. The molecule has 0 aliphatic carbocycles. The van der Waals surface area contributed by atoms with Gasteiger partial charge >= 0.3 is 0 Å². The van der Waals surface area contributed by atoms with Crippen LogP contribution in [0.25, 0.3) is 10.2 Å². The van der Waals surface area contributed by atoms with Crippen LogP contribution in [-0.4, -0.2) is 21.2 Å². The zero-order valence-corrected chi connectivity index (χ0v) is 19.2. The molecule has 0 radical (unpaired) electrons. The van der Waals surface area contributed by atoms with Crippen molar-refractivity contribution in [3.05, 3.63) is 69.8 Å². The van der Waals surface area contributed by atoms with E-state index >= 15 is 0 Å².